The molecule has 1 saturated heterocycles. The number of nitrogens with zero attached hydrogens (tertiary/aromatic N) is 5. The average Bonchev–Trinajstić information content (AvgIpc) is 3.04. The molecule has 1 aliphatic rings. The van der Waals surface area contributed by atoms with Gasteiger partial charge in [0, 0.05) is 45.3 Å². The number of likely N-dealkylation sites (tertiary alicyclic amines) is 1. The van der Waals surface area contributed by atoms with E-state index in [-0.39, 0.29) is 5.56 Å². The first-order chi connectivity index (χ1) is 9.63. The molecule has 2 aromatic heterocycles. The highest BCUT2D eigenvalue weighted by Gasteiger charge is 2.25. The van der Waals surface area contributed by atoms with Crippen molar-refractivity contribution in [2.24, 2.45) is 7.05 Å². The third-order valence-electron chi connectivity index (χ3n) is 3.65. The second-order valence-electron chi connectivity index (χ2n) is 5.11. The zero-order valence-electron chi connectivity index (χ0n) is 11.2. The van der Waals surface area contributed by atoms with E-state index in [9.17, 15) is 4.79 Å². The first kappa shape index (κ1) is 13.5. The van der Waals surface area contributed by atoms with Crippen molar-refractivity contribution in [1.82, 2.24) is 24.2 Å². The van der Waals surface area contributed by atoms with Gasteiger partial charge in [0.05, 0.1) is 16.7 Å². The highest BCUT2D eigenvalue weighted by molar-refractivity contribution is 9.10. The second-order valence-corrected chi connectivity index (χ2v) is 6.02. The maximum Gasteiger partial charge on any atom is 0.273 e. The summed E-state index contributed by atoms with van der Waals surface area (Å²) in [6.45, 7) is 2.46. The van der Waals surface area contributed by atoms with Gasteiger partial charge in [-0.3, -0.25) is 19.4 Å². The lowest BCUT2D eigenvalue weighted by molar-refractivity contribution is 0.306. The van der Waals surface area contributed by atoms with Gasteiger partial charge in [-0.1, -0.05) is 0 Å². The van der Waals surface area contributed by atoms with Crippen LogP contribution in [0, 0.1) is 0 Å². The maximum atomic E-state index is 12.0. The molecule has 0 spiro atoms. The van der Waals surface area contributed by atoms with Crippen LogP contribution >= 0.6 is 15.9 Å². The summed E-state index contributed by atoms with van der Waals surface area (Å²) in [5.41, 5.74) is 0.593. The van der Waals surface area contributed by atoms with Crippen molar-refractivity contribution < 1.29 is 0 Å². The third kappa shape index (κ3) is 2.69. The lowest BCUT2D eigenvalue weighted by atomic mass is 10.3. The Bertz CT molecular complexity index is 665. The van der Waals surface area contributed by atoms with E-state index in [0.717, 1.165) is 24.0 Å². The third-order valence-corrected chi connectivity index (χ3v) is 4.06. The van der Waals surface area contributed by atoms with E-state index in [0.29, 0.717) is 18.3 Å². The lowest BCUT2D eigenvalue weighted by Crippen LogP contribution is -2.29. The molecular weight excluding hydrogens is 322 g/mol. The normalized spacial score (nSPS) is 19.6. The molecule has 3 rings (SSSR count). The molecule has 0 N–H and O–H groups in total. The van der Waals surface area contributed by atoms with Crippen LogP contribution in [0.3, 0.4) is 0 Å². The molecule has 6 nitrogen and oxygen atoms in total. The minimum Gasteiger partial charge on any atom is -0.315 e. The largest absolute Gasteiger partial charge is 0.315 e. The fourth-order valence-corrected chi connectivity index (χ4v) is 2.86. The SMILES string of the molecule is Cn1ccnc(CN2CCC(n3cc(Br)cn3)C2)c1=O. The van der Waals surface area contributed by atoms with Crippen LogP contribution in [-0.4, -0.2) is 37.3 Å². The molecule has 1 fully saturated rings. The summed E-state index contributed by atoms with van der Waals surface area (Å²) in [6.07, 6.45) is 8.20. The van der Waals surface area contributed by atoms with Crippen LogP contribution in [0.4, 0.5) is 0 Å². The number of hydrogen-bond acceptors (Lipinski definition) is 4. The van der Waals surface area contributed by atoms with Gasteiger partial charge in [-0.2, -0.15) is 5.10 Å². The maximum absolute atomic E-state index is 12.0. The summed E-state index contributed by atoms with van der Waals surface area (Å²) in [6, 6.07) is 0.369. The van der Waals surface area contributed by atoms with E-state index in [4.69, 9.17) is 0 Å². The van der Waals surface area contributed by atoms with E-state index in [1.165, 1.54) is 0 Å². The number of aryl methyl sites for hydroxylation is 1. The van der Waals surface area contributed by atoms with E-state index in [2.05, 4.69) is 30.9 Å². The van der Waals surface area contributed by atoms with Gasteiger partial charge in [0.1, 0.15) is 5.69 Å². The topological polar surface area (TPSA) is 56.0 Å². The minimum atomic E-state index is -0.0159. The second kappa shape index (κ2) is 5.49. The predicted molar refractivity (Wildman–Crippen MR) is 78.3 cm³/mol. The first-order valence-electron chi connectivity index (χ1n) is 6.56. The summed E-state index contributed by atoms with van der Waals surface area (Å²) >= 11 is 3.41. The Morgan fingerprint density at radius 2 is 2.35 bits per heavy atom. The van der Waals surface area contributed by atoms with E-state index >= 15 is 0 Å². The summed E-state index contributed by atoms with van der Waals surface area (Å²) in [7, 11) is 1.75. The van der Waals surface area contributed by atoms with E-state index in [1.54, 1.807) is 30.2 Å². The van der Waals surface area contributed by atoms with Crippen molar-refractivity contribution >= 4 is 15.9 Å². The van der Waals surface area contributed by atoms with Crippen LogP contribution in [0.1, 0.15) is 18.2 Å². The number of halogens is 1. The predicted octanol–water partition coefficient (Wildman–Crippen LogP) is 1.19. The Hall–Kier alpha value is -1.47. The molecule has 20 heavy (non-hydrogen) atoms. The fraction of sp³-hybridized carbons (Fsp3) is 0.462. The lowest BCUT2D eigenvalue weighted by Gasteiger charge is -2.15. The molecule has 3 heterocycles. The van der Waals surface area contributed by atoms with Gasteiger partial charge >= 0.3 is 0 Å². The molecule has 1 atom stereocenters. The van der Waals surface area contributed by atoms with E-state index < -0.39 is 0 Å². The number of aromatic nitrogens is 4. The van der Waals surface area contributed by atoms with Crippen LogP contribution in [0.5, 0.6) is 0 Å². The molecule has 0 bridgehead atoms. The molecule has 2 aromatic rings. The molecule has 0 radical (unpaired) electrons. The fourth-order valence-electron chi connectivity index (χ4n) is 2.56. The van der Waals surface area contributed by atoms with Crippen molar-refractivity contribution in [3.05, 3.63) is 45.3 Å². The zero-order chi connectivity index (χ0) is 14.1. The van der Waals surface area contributed by atoms with Crippen LogP contribution in [0.25, 0.3) is 0 Å². The smallest absolute Gasteiger partial charge is 0.273 e. The molecule has 7 heteroatoms. The van der Waals surface area contributed by atoms with Crippen molar-refractivity contribution in [3.8, 4) is 0 Å². The Morgan fingerprint density at radius 1 is 1.50 bits per heavy atom. The Balaban J connectivity index is 1.69. The highest BCUT2D eigenvalue weighted by Crippen LogP contribution is 2.23. The van der Waals surface area contributed by atoms with Gasteiger partial charge < -0.3 is 4.57 Å². The standard InChI is InChI=1S/C13H16BrN5O/c1-17-5-3-15-12(13(17)20)9-18-4-2-11(8-18)19-7-10(14)6-16-19/h3,5-7,11H,2,4,8-9H2,1H3. The average molecular weight is 338 g/mol. The minimum absolute atomic E-state index is 0.0159. The first-order valence-corrected chi connectivity index (χ1v) is 7.35. The molecular formula is C13H16BrN5O. The van der Waals surface area contributed by atoms with Crippen LogP contribution in [-0.2, 0) is 13.6 Å². The van der Waals surface area contributed by atoms with Crippen molar-refractivity contribution in [1.29, 1.82) is 0 Å². The molecule has 0 aromatic carbocycles. The Morgan fingerprint density at radius 3 is 3.10 bits per heavy atom. The van der Waals surface area contributed by atoms with Crippen molar-refractivity contribution in [2.45, 2.75) is 19.0 Å². The highest BCUT2D eigenvalue weighted by atomic mass is 79.9. The monoisotopic (exact) mass is 337 g/mol. The van der Waals surface area contributed by atoms with Gasteiger partial charge in [-0.05, 0) is 22.4 Å². The number of rotatable bonds is 3. The quantitative estimate of drug-likeness (QED) is 0.844. The molecule has 1 aliphatic heterocycles. The molecule has 0 amide bonds. The molecule has 1 unspecified atom stereocenters. The summed E-state index contributed by atoms with van der Waals surface area (Å²) in [5, 5.41) is 4.33. The molecule has 0 saturated carbocycles. The van der Waals surface area contributed by atoms with Crippen LogP contribution < -0.4 is 5.56 Å². The number of hydrogen-bond donors (Lipinski definition) is 0. The summed E-state index contributed by atoms with van der Waals surface area (Å²) in [5.74, 6) is 0. The van der Waals surface area contributed by atoms with E-state index in [1.807, 2.05) is 10.9 Å². The molecule has 106 valence electrons. The van der Waals surface area contributed by atoms with Crippen LogP contribution in [0.15, 0.2) is 34.1 Å². The summed E-state index contributed by atoms with van der Waals surface area (Å²) in [4.78, 5) is 18.4. The summed E-state index contributed by atoms with van der Waals surface area (Å²) < 4.78 is 4.55. The van der Waals surface area contributed by atoms with Gasteiger partial charge in [0.15, 0.2) is 0 Å². The Labute approximate surface area is 125 Å². The van der Waals surface area contributed by atoms with Crippen molar-refractivity contribution in [3.63, 3.8) is 0 Å². The van der Waals surface area contributed by atoms with Crippen LogP contribution in [0.2, 0.25) is 0 Å². The van der Waals surface area contributed by atoms with Gasteiger partial charge in [0.2, 0.25) is 0 Å². The molecule has 0 aliphatic carbocycles. The van der Waals surface area contributed by atoms with Gasteiger partial charge in [0.25, 0.3) is 5.56 Å². The van der Waals surface area contributed by atoms with Gasteiger partial charge in [-0.25, -0.2) is 0 Å². The Kier molecular flexibility index (Phi) is 3.71. The van der Waals surface area contributed by atoms with Crippen molar-refractivity contribution in [2.75, 3.05) is 13.1 Å². The zero-order valence-corrected chi connectivity index (χ0v) is 12.8. The van der Waals surface area contributed by atoms with Gasteiger partial charge in [-0.15, -0.1) is 0 Å².